The van der Waals surface area contributed by atoms with Crippen LogP contribution in [-0.2, 0) is 6.54 Å². The van der Waals surface area contributed by atoms with Gasteiger partial charge >= 0.3 is 0 Å². The Labute approximate surface area is 164 Å². The maximum Gasteiger partial charge on any atom is 0.142 e. The number of anilines is 1. The maximum atomic E-state index is 5.90. The molecule has 0 saturated carbocycles. The van der Waals surface area contributed by atoms with Crippen LogP contribution in [0.3, 0.4) is 0 Å². The largest absolute Gasteiger partial charge is 0.492 e. The van der Waals surface area contributed by atoms with Gasteiger partial charge in [-0.3, -0.25) is 4.90 Å². The van der Waals surface area contributed by atoms with Crippen molar-refractivity contribution in [1.29, 1.82) is 0 Å². The van der Waals surface area contributed by atoms with Gasteiger partial charge in [0.25, 0.3) is 0 Å². The van der Waals surface area contributed by atoms with Crippen LogP contribution in [0.25, 0.3) is 11.3 Å². The predicted octanol–water partition coefficient (Wildman–Crippen LogP) is 4.94. The smallest absolute Gasteiger partial charge is 0.142 e. The molecule has 0 aliphatic rings. The van der Waals surface area contributed by atoms with Crippen molar-refractivity contribution in [3.05, 3.63) is 30.2 Å². The Kier molecular flexibility index (Phi) is 8.65. The molecule has 5 heteroatoms. The van der Waals surface area contributed by atoms with Gasteiger partial charge in [-0.25, -0.2) is 4.98 Å². The first kappa shape index (κ1) is 21.3. The predicted molar refractivity (Wildman–Crippen MR) is 115 cm³/mol. The van der Waals surface area contributed by atoms with Gasteiger partial charge in [0.1, 0.15) is 11.6 Å². The molecule has 150 valence electrons. The van der Waals surface area contributed by atoms with Crippen molar-refractivity contribution in [3.8, 4) is 17.0 Å². The molecule has 0 atom stereocenters. The standard InChI is InChI=1S/C22H36N4O/c1-6-10-14-26(8-3)20-15-18(11-12-21(20)27-9-4)19-16-23-22(24-19)17-25(5)13-7-2/h11-12,15-16H,6-10,13-14,17H2,1-5H3,(H,23,24). The topological polar surface area (TPSA) is 44.4 Å². The lowest BCUT2D eigenvalue weighted by Gasteiger charge is -2.26. The molecule has 5 nitrogen and oxygen atoms in total. The summed E-state index contributed by atoms with van der Waals surface area (Å²) in [6.07, 6.45) is 5.46. The van der Waals surface area contributed by atoms with E-state index in [-0.39, 0.29) is 0 Å². The summed E-state index contributed by atoms with van der Waals surface area (Å²) in [6.45, 7) is 13.3. The fourth-order valence-corrected chi connectivity index (χ4v) is 3.31. The van der Waals surface area contributed by atoms with Crippen molar-refractivity contribution in [2.75, 3.05) is 38.2 Å². The average molecular weight is 373 g/mol. The lowest BCUT2D eigenvalue weighted by molar-refractivity contribution is 0.320. The SMILES string of the molecule is CCCCN(CC)c1cc(-c2cnc(CN(C)CCC)[nH]2)ccc1OCC. The number of hydrogen-bond donors (Lipinski definition) is 1. The fourth-order valence-electron chi connectivity index (χ4n) is 3.31. The molecule has 2 rings (SSSR count). The molecule has 0 amide bonds. The Morgan fingerprint density at radius 1 is 1.07 bits per heavy atom. The van der Waals surface area contributed by atoms with E-state index in [4.69, 9.17) is 4.74 Å². The van der Waals surface area contributed by atoms with Crippen molar-refractivity contribution in [2.24, 2.45) is 0 Å². The zero-order chi connectivity index (χ0) is 19.6. The first-order chi connectivity index (χ1) is 13.1. The number of imidazole rings is 1. The summed E-state index contributed by atoms with van der Waals surface area (Å²) in [6, 6.07) is 6.44. The van der Waals surface area contributed by atoms with Crippen LogP contribution in [0.5, 0.6) is 5.75 Å². The average Bonchev–Trinajstić information content (AvgIpc) is 3.12. The van der Waals surface area contributed by atoms with Gasteiger partial charge < -0.3 is 14.6 Å². The van der Waals surface area contributed by atoms with Crippen molar-refractivity contribution in [2.45, 2.75) is 53.5 Å². The summed E-state index contributed by atoms with van der Waals surface area (Å²) in [4.78, 5) is 12.8. The van der Waals surface area contributed by atoms with E-state index in [0.717, 1.165) is 55.4 Å². The van der Waals surface area contributed by atoms with E-state index < -0.39 is 0 Å². The number of H-pyrrole nitrogens is 1. The number of rotatable bonds is 12. The number of nitrogens with zero attached hydrogens (tertiary/aromatic N) is 3. The lowest BCUT2D eigenvalue weighted by atomic mass is 10.1. The van der Waals surface area contributed by atoms with Gasteiger partial charge in [0.2, 0.25) is 0 Å². The first-order valence-corrected chi connectivity index (χ1v) is 10.4. The van der Waals surface area contributed by atoms with Crippen LogP contribution in [0.15, 0.2) is 24.4 Å². The minimum absolute atomic E-state index is 0.676. The minimum Gasteiger partial charge on any atom is -0.492 e. The Hall–Kier alpha value is -2.01. The number of hydrogen-bond acceptors (Lipinski definition) is 4. The van der Waals surface area contributed by atoms with E-state index in [2.05, 4.69) is 65.8 Å². The molecule has 2 aromatic rings. The molecule has 0 radical (unpaired) electrons. The number of aromatic amines is 1. The third-order valence-electron chi connectivity index (χ3n) is 4.73. The van der Waals surface area contributed by atoms with E-state index in [1.807, 2.05) is 13.1 Å². The van der Waals surface area contributed by atoms with Crippen molar-refractivity contribution >= 4 is 5.69 Å². The summed E-state index contributed by atoms with van der Waals surface area (Å²) < 4.78 is 5.90. The molecule has 0 spiro atoms. The zero-order valence-electron chi connectivity index (χ0n) is 17.7. The highest BCUT2D eigenvalue weighted by Crippen LogP contribution is 2.33. The number of ether oxygens (including phenoxy) is 1. The quantitative estimate of drug-likeness (QED) is 0.573. The number of benzene rings is 1. The van der Waals surface area contributed by atoms with Gasteiger partial charge in [-0.1, -0.05) is 20.3 Å². The van der Waals surface area contributed by atoms with Gasteiger partial charge in [-0.2, -0.15) is 0 Å². The van der Waals surface area contributed by atoms with Gasteiger partial charge in [0.15, 0.2) is 0 Å². The molecule has 1 aromatic carbocycles. The zero-order valence-corrected chi connectivity index (χ0v) is 17.7. The van der Waals surface area contributed by atoms with E-state index in [9.17, 15) is 0 Å². The van der Waals surface area contributed by atoms with Gasteiger partial charge in [-0.15, -0.1) is 0 Å². The van der Waals surface area contributed by atoms with E-state index in [1.54, 1.807) is 0 Å². The Morgan fingerprint density at radius 2 is 1.89 bits per heavy atom. The number of aromatic nitrogens is 2. The third-order valence-corrected chi connectivity index (χ3v) is 4.73. The molecule has 0 aliphatic carbocycles. The van der Waals surface area contributed by atoms with Gasteiger partial charge in [0, 0.05) is 18.7 Å². The van der Waals surface area contributed by atoms with Crippen LogP contribution in [0.2, 0.25) is 0 Å². The highest BCUT2D eigenvalue weighted by atomic mass is 16.5. The highest BCUT2D eigenvalue weighted by Gasteiger charge is 2.14. The summed E-state index contributed by atoms with van der Waals surface area (Å²) in [5.74, 6) is 1.97. The Morgan fingerprint density at radius 3 is 2.56 bits per heavy atom. The molecule has 1 heterocycles. The molecule has 1 N–H and O–H groups in total. The Bertz CT molecular complexity index is 683. The van der Waals surface area contributed by atoms with Crippen LogP contribution >= 0.6 is 0 Å². The third kappa shape index (κ3) is 5.99. The van der Waals surface area contributed by atoms with Crippen LogP contribution in [-0.4, -0.2) is 48.2 Å². The second-order valence-corrected chi connectivity index (χ2v) is 7.03. The van der Waals surface area contributed by atoms with Crippen LogP contribution in [0.1, 0.15) is 52.8 Å². The van der Waals surface area contributed by atoms with Crippen LogP contribution in [0, 0.1) is 0 Å². The van der Waals surface area contributed by atoms with Crippen LogP contribution in [0.4, 0.5) is 5.69 Å². The van der Waals surface area contributed by atoms with Crippen molar-refractivity contribution in [1.82, 2.24) is 14.9 Å². The normalized spacial score (nSPS) is 11.2. The number of unbranched alkanes of at least 4 members (excludes halogenated alkanes) is 1. The summed E-state index contributed by atoms with van der Waals surface area (Å²) in [5, 5.41) is 0. The summed E-state index contributed by atoms with van der Waals surface area (Å²) in [7, 11) is 2.13. The van der Waals surface area contributed by atoms with E-state index >= 15 is 0 Å². The molecular formula is C22H36N4O. The molecule has 0 saturated heterocycles. The first-order valence-electron chi connectivity index (χ1n) is 10.4. The maximum absolute atomic E-state index is 5.90. The molecule has 0 unspecified atom stereocenters. The minimum atomic E-state index is 0.676. The molecule has 1 aromatic heterocycles. The second kappa shape index (κ2) is 11.0. The van der Waals surface area contributed by atoms with Gasteiger partial charge in [-0.05, 0) is 58.5 Å². The Balaban J connectivity index is 2.27. The summed E-state index contributed by atoms with van der Waals surface area (Å²) in [5.41, 5.74) is 3.38. The highest BCUT2D eigenvalue weighted by molar-refractivity contribution is 5.70. The summed E-state index contributed by atoms with van der Waals surface area (Å²) >= 11 is 0. The van der Waals surface area contributed by atoms with Gasteiger partial charge in [0.05, 0.1) is 30.7 Å². The molecular weight excluding hydrogens is 336 g/mol. The van der Waals surface area contributed by atoms with Crippen molar-refractivity contribution in [3.63, 3.8) is 0 Å². The molecule has 0 bridgehead atoms. The molecule has 0 fully saturated rings. The van der Waals surface area contributed by atoms with Crippen LogP contribution < -0.4 is 9.64 Å². The lowest BCUT2D eigenvalue weighted by Crippen LogP contribution is -2.24. The molecule has 27 heavy (non-hydrogen) atoms. The van der Waals surface area contributed by atoms with E-state index in [0.29, 0.717) is 6.61 Å². The monoisotopic (exact) mass is 372 g/mol. The fraction of sp³-hybridized carbons (Fsp3) is 0.591. The second-order valence-electron chi connectivity index (χ2n) is 7.03. The van der Waals surface area contributed by atoms with E-state index in [1.165, 1.54) is 18.5 Å². The molecule has 0 aliphatic heterocycles. The number of nitrogens with one attached hydrogen (secondary N) is 1. The van der Waals surface area contributed by atoms with Crippen molar-refractivity contribution < 1.29 is 4.74 Å².